The Labute approximate surface area is 106 Å². The van der Waals surface area contributed by atoms with Crippen LogP contribution in [0.3, 0.4) is 0 Å². The highest BCUT2D eigenvalue weighted by Crippen LogP contribution is 2.07. The molecule has 1 heterocycles. The number of carbonyl (C=O) groups is 2. The van der Waals surface area contributed by atoms with Gasteiger partial charge in [0.2, 0.25) is 5.91 Å². The van der Waals surface area contributed by atoms with Gasteiger partial charge in [-0.3, -0.25) is 9.59 Å². The molecule has 0 bridgehead atoms. The largest absolute Gasteiger partial charge is 0.397 e. The Morgan fingerprint density at radius 3 is 2.50 bits per heavy atom. The maximum absolute atomic E-state index is 12.1. The third kappa shape index (κ3) is 4.04. The minimum absolute atomic E-state index is 0.108. The summed E-state index contributed by atoms with van der Waals surface area (Å²) in [5.41, 5.74) is 11.4. The Kier molecular flexibility index (Phi) is 4.65. The molecule has 0 saturated carbocycles. The number of hydrogen-bond donors (Lipinski definition) is 2. The molecule has 1 aromatic rings. The van der Waals surface area contributed by atoms with Crippen LogP contribution in [0.2, 0.25) is 0 Å². The summed E-state index contributed by atoms with van der Waals surface area (Å²) in [5, 5.41) is 0. The summed E-state index contributed by atoms with van der Waals surface area (Å²) in [6.07, 6.45) is 1.41. The fourth-order valence-electron chi connectivity index (χ4n) is 1.54. The lowest BCUT2D eigenvalue weighted by Crippen LogP contribution is -2.40. The standard InChI is InChI=1S/C12H18N4O2/c1-8(2)6-16(7-11(14)17)12(18)10-4-3-9(13)5-15-10/h3-5,8H,6-7,13H2,1-2H3,(H2,14,17). The second-order valence-corrected chi connectivity index (χ2v) is 4.52. The van der Waals surface area contributed by atoms with Gasteiger partial charge in [-0.2, -0.15) is 0 Å². The zero-order valence-corrected chi connectivity index (χ0v) is 10.6. The maximum atomic E-state index is 12.1. The summed E-state index contributed by atoms with van der Waals surface area (Å²) in [5.74, 6) is -0.621. The fraction of sp³-hybridized carbons (Fsp3) is 0.417. The number of aromatic nitrogens is 1. The number of nitrogen functional groups attached to an aromatic ring is 1. The van der Waals surface area contributed by atoms with Gasteiger partial charge in [-0.05, 0) is 18.1 Å². The average Bonchev–Trinajstić information content (AvgIpc) is 2.27. The van der Waals surface area contributed by atoms with E-state index >= 15 is 0 Å². The first-order valence-electron chi connectivity index (χ1n) is 5.69. The topological polar surface area (TPSA) is 102 Å². The van der Waals surface area contributed by atoms with Crippen molar-refractivity contribution in [1.29, 1.82) is 0 Å². The number of pyridine rings is 1. The molecule has 0 radical (unpaired) electrons. The highest BCUT2D eigenvalue weighted by atomic mass is 16.2. The molecule has 6 heteroatoms. The number of nitrogens with two attached hydrogens (primary N) is 2. The molecule has 0 aliphatic rings. The lowest BCUT2D eigenvalue weighted by molar-refractivity contribution is -0.118. The molecular weight excluding hydrogens is 232 g/mol. The predicted molar refractivity (Wildman–Crippen MR) is 68.6 cm³/mol. The van der Waals surface area contributed by atoms with Gasteiger partial charge < -0.3 is 16.4 Å². The third-order valence-corrected chi connectivity index (χ3v) is 2.22. The van der Waals surface area contributed by atoms with Crippen molar-refractivity contribution in [1.82, 2.24) is 9.88 Å². The summed E-state index contributed by atoms with van der Waals surface area (Å²) in [4.78, 5) is 28.5. The van der Waals surface area contributed by atoms with Crippen LogP contribution in [-0.2, 0) is 4.79 Å². The van der Waals surface area contributed by atoms with Crippen LogP contribution in [0.15, 0.2) is 18.3 Å². The smallest absolute Gasteiger partial charge is 0.272 e. The number of nitrogens with zero attached hydrogens (tertiary/aromatic N) is 2. The van der Waals surface area contributed by atoms with Crippen LogP contribution in [0.25, 0.3) is 0 Å². The Morgan fingerprint density at radius 2 is 2.06 bits per heavy atom. The van der Waals surface area contributed by atoms with Crippen LogP contribution in [0.4, 0.5) is 5.69 Å². The normalized spacial score (nSPS) is 10.4. The molecule has 6 nitrogen and oxygen atoms in total. The van der Waals surface area contributed by atoms with Gasteiger partial charge in [0, 0.05) is 6.54 Å². The molecule has 1 aromatic heterocycles. The van der Waals surface area contributed by atoms with E-state index in [1.165, 1.54) is 17.2 Å². The number of rotatable bonds is 5. The molecule has 0 atom stereocenters. The minimum atomic E-state index is -0.542. The highest BCUT2D eigenvalue weighted by Gasteiger charge is 2.19. The van der Waals surface area contributed by atoms with Crippen molar-refractivity contribution in [3.63, 3.8) is 0 Å². The van der Waals surface area contributed by atoms with Crippen LogP contribution in [-0.4, -0.2) is 34.8 Å². The first-order valence-corrected chi connectivity index (χ1v) is 5.69. The van der Waals surface area contributed by atoms with E-state index in [2.05, 4.69) is 4.98 Å². The SMILES string of the molecule is CC(C)CN(CC(N)=O)C(=O)c1ccc(N)cn1. The number of hydrogen-bond acceptors (Lipinski definition) is 4. The Balaban J connectivity index is 2.87. The third-order valence-electron chi connectivity index (χ3n) is 2.22. The lowest BCUT2D eigenvalue weighted by Gasteiger charge is -2.22. The van der Waals surface area contributed by atoms with Gasteiger partial charge in [0.05, 0.1) is 18.4 Å². The lowest BCUT2D eigenvalue weighted by atomic mass is 10.2. The van der Waals surface area contributed by atoms with Crippen molar-refractivity contribution in [2.75, 3.05) is 18.8 Å². The molecular formula is C12H18N4O2. The number of amides is 2. The van der Waals surface area contributed by atoms with Gasteiger partial charge in [-0.1, -0.05) is 13.8 Å². The number of carbonyl (C=O) groups excluding carboxylic acids is 2. The van der Waals surface area contributed by atoms with Crippen LogP contribution < -0.4 is 11.5 Å². The van der Waals surface area contributed by atoms with E-state index in [-0.39, 0.29) is 24.1 Å². The minimum Gasteiger partial charge on any atom is -0.397 e. The monoisotopic (exact) mass is 250 g/mol. The zero-order valence-electron chi connectivity index (χ0n) is 10.6. The van der Waals surface area contributed by atoms with Crippen molar-refractivity contribution < 1.29 is 9.59 Å². The molecule has 98 valence electrons. The fourth-order valence-corrected chi connectivity index (χ4v) is 1.54. The molecule has 4 N–H and O–H groups in total. The summed E-state index contributed by atoms with van der Waals surface area (Å²) < 4.78 is 0. The molecule has 1 rings (SSSR count). The summed E-state index contributed by atoms with van der Waals surface area (Å²) in [6.45, 7) is 4.26. The van der Waals surface area contributed by atoms with E-state index in [1.54, 1.807) is 6.07 Å². The first-order chi connectivity index (χ1) is 8.40. The number of primary amides is 1. The molecule has 2 amide bonds. The van der Waals surface area contributed by atoms with Gasteiger partial charge >= 0.3 is 0 Å². The summed E-state index contributed by atoms with van der Waals surface area (Å²) in [6, 6.07) is 3.13. The van der Waals surface area contributed by atoms with Gasteiger partial charge in [-0.25, -0.2) is 4.98 Å². The van der Waals surface area contributed by atoms with Crippen LogP contribution in [0.1, 0.15) is 24.3 Å². The average molecular weight is 250 g/mol. The molecule has 0 fully saturated rings. The summed E-state index contributed by atoms with van der Waals surface area (Å²) >= 11 is 0. The van der Waals surface area contributed by atoms with Crippen LogP contribution in [0.5, 0.6) is 0 Å². The van der Waals surface area contributed by atoms with Gasteiger partial charge in [-0.15, -0.1) is 0 Å². The van der Waals surface area contributed by atoms with E-state index in [9.17, 15) is 9.59 Å². The maximum Gasteiger partial charge on any atom is 0.272 e. The van der Waals surface area contributed by atoms with E-state index in [0.717, 1.165) is 0 Å². The van der Waals surface area contributed by atoms with Gasteiger partial charge in [0.15, 0.2) is 0 Å². The number of anilines is 1. The molecule has 0 aliphatic carbocycles. The van der Waals surface area contributed by atoms with Crippen molar-refractivity contribution in [2.24, 2.45) is 11.7 Å². The molecule has 0 aromatic carbocycles. The Bertz CT molecular complexity index is 428. The highest BCUT2D eigenvalue weighted by molar-refractivity contribution is 5.94. The van der Waals surface area contributed by atoms with E-state index in [4.69, 9.17) is 11.5 Å². The van der Waals surface area contributed by atoms with Crippen LogP contribution >= 0.6 is 0 Å². The van der Waals surface area contributed by atoms with Crippen LogP contribution in [0, 0.1) is 5.92 Å². The molecule has 0 aliphatic heterocycles. The first kappa shape index (κ1) is 14.0. The van der Waals surface area contributed by atoms with E-state index in [1.807, 2.05) is 13.8 Å². The van der Waals surface area contributed by atoms with Gasteiger partial charge in [0.1, 0.15) is 5.69 Å². The zero-order chi connectivity index (χ0) is 13.7. The molecule has 18 heavy (non-hydrogen) atoms. The second-order valence-electron chi connectivity index (χ2n) is 4.52. The van der Waals surface area contributed by atoms with E-state index in [0.29, 0.717) is 12.2 Å². The molecule has 0 spiro atoms. The van der Waals surface area contributed by atoms with Crippen molar-refractivity contribution in [2.45, 2.75) is 13.8 Å². The molecule has 0 unspecified atom stereocenters. The van der Waals surface area contributed by atoms with Gasteiger partial charge in [0.25, 0.3) is 5.91 Å². The quantitative estimate of drug-likeness (QED) is 0.781. The second kappa shape index (κ2) is 6.00. The Hall–Kier alpha value is -2.11. The Morgan fingerprint density at radius 1 is 1.39 bits per heavy atom. The van der Waals surface area contributed by atoms with Crippen molar-refractivity contribution >= 4 is 17.5 Å². The summed E-state index contributed by atoms with van der Waals surface area (Å²) in [7, 11) is 0. The predicted octanol–water partition coefficient (Wildman–Crippen LogP) is 0.247. The van der Waals surface area contributed by atoms with E-state index < -0.39 is 5.91 Å². The van der Waals surface area contributed by atoms with Crippen molar-refractivity contribution in [3.8, 4) is 0 Å². The van der Waals surface area contributed by atoms with Crippen molar-refractivity contribution in [3.05, 3.63) is 24.0 Å². The molecule has 0 saturated heterocycles.